The van der Waals surface area contributed by atoms with E-state index in [1.54, 1.807) is 0 Å². The van der Waals surface area contributed by atoms with Crippen molar-refractivity contribution >= 4 is 17.2 Å². The van der Waals surface area contributed by atoms with Gasteiger partial charge in [-0.05, 0) is 36.8 Å². The molecule has 3 aliphatic rings. The maximum atomic E-state index is 13.5. The molecule has 0 spiro atoms. The fourth-order valence-corrected chi connectivity index (χ4v) is 4.80. The van der Waals surface area contributed by atoms with E-state index in [2.05, 4.69) is 20.2 Å². The molecule has 5 unspecified atom stereocenters. The Morgan fingerprint density at radius 3 is 2.53 bits per heavy atom. The van der Waals surface area contributed by atoms with E-state index in [0.29, 0.717) is 11.7 Å². The zero-order valence-corrected chi connectivity index (χ0v) is 17.1. The maximum absolute atomic E-state index is 13.5. The Labute approximate surface area is 182 Å². The molecule has 0 amide bonds. The number of hydrogen-bond acceptors (Lipinski definition) is 8. The van der Waals surface area contributed by atoms with Gasteiger partial charge >= 0.3 is 6.18 Å². The Hall–Kier alpha value is -2.63. The number of nitrogens with one attached hydrogen (secondary N) is 1. The summed E-state index contributed by atoms with van der Waals surface area (Å²) in [5, 5.41) is 24.0. The van der Waals surface area contributed by atoms with E-state index in [0.717, 1.165) is 25.3 Å². The Kier molecular flexibility index (Phi) is 5.14. The van der Waals surface area contributed by atoms with E-state index in [-0.39, 0.29) is 11.9 Å². The number of β-amino-alcohol motifs (C(OH)–C–C–N with tert-alkyl or cyclic N) is 1. The van der Waals surface area contributed by atoms with Gasteiger partial charge in [-0.25, -0.2) is 9.97 Å². The fourth-order valence-electron chi connectivity index (χ4n) is 4.80. The zero-order valence-electron chi connectivity index (χ0n) is 17.1. The summed E-state index contributed by atoms with van der Waals surface area (Å²) in [5.74, 6) is 0.170. The molecular weight excluding hydrogens is 427 g/mol. The lowest BCUT2D eigenvalue weighted by molar-refractivity contribution is -0.270. The van der Waals surface area contributed by atoms with Gasteiger partial charge in [-0.1, -0.05) is 0 Å². The number of piperidine rings is 1. The number of aliphatic hydroxyl groups is 2. The fraction of sp³-hybridized carbons (Fsp3) is 0.524. The van der Waals surface area contributed by atoms with Crippen molar-refractivity contribution in [3.63, 3.8) is 0 Å². The molecule has 4 heterocycles. The SMILES string of the molecule is OC1CC(O)(C(F)(F)F)CN(c2ccncn2)C1Nc1ccc(N2CC3CC2CO3)cc1. The number of morpholine rings is 1. The van der Waals surface area contributed by atoms with Crippen LogP contribution < -0.4 is 15.1 Å². The highest BCUT2D eigenvalue weighted by Crippen LogP contribution is 2.40. The van der Waals surface area contributed by atoms with Crippen LogP contribution >= 0.6 is 0 Å². The normalized spacial score (nSPS) is 32.4. The van der Waals surface area contributed by atoms with E-state index in [1.807, 2.05) is 24.3 Å². The Bertz CT molecular complexity index is 948. The number of alkyl halides is 3. The van der Waals surface area contributed by atoms with E-state index in [9.17, 15) is 23.4 Å². The molecule has 2 aromatic rings. The van der Waals surface area contributed by atoms with E-state index < -0.39 is 37.0 Å². The molecule has 3 aliphatic heterocycles. The van der Waals surface area contributed by atoms with Crippen molar-refractivity contribution in [1.29, 1.82) is 0 Å². The van der Waals surface area contributed by atoms with Gasteiger partial charge < -0.3 is 30.1 Å². The van der Waals surface area contributed by atoms with Crippen LogP contribution in [0, 0.1) is 0 Å². The monoisotopic (exact) mass is 451 g/mol. The first-order chi connectivity index (χ1) is 15.2. The lowest BCUT2D eigenvalue weighted by Gasteiger charge is -2.48. The topological polar surface area (TPSA) is 94.0 Å². The van der Waals surface area contributed by atoms with Crippen LogP contribution in [-0.2, 0) is 4.74 Å². The highest BCUT2D eigenvalue weighted by Gasteiger charge is 2.59. The van der Waals surface area contributed by atoms with Gasteiger partial charge in [0.15, 0.2) is 5.60 Å². The third-order valence-electron chi connectivity index (χ3n) is 6.48. The van der Waals surface area contributed by atoms with Crippen molar-refractivity contribution < 1.29 is 28.1 Å². The second kappa shape index (κ2) is 7.75. The number of aromatic nitrogens is 2. The molecule has 0 aliphatic carbocycles. The van der Waals surface area contributed by atoms with Crippen LogP contribution in [0.4, 0.5) is 30.4 Å². The van der Waals surface area contributed by atoms with E-state index in [1.165, 1.54) is 23.5 Å². The van der Waals surface area contributed by atoms with Crippen LogP contribution in [0.2, 0.25) is 0 Å². The minimum absolute atomic E-state index is 0.170. The molecule has 5 rings (SSSR count). The molecule has 2 bridgehead atoms. The van der Waals surface area contributed by atoms with Crippen molar-refractivity contribution in [2.24, 2.45) is 0 Å². The minimum Gasteiger partial charge on any atom is -0.389 e. The Balaban J connectivity index is 1.37. The molecule has 32 heavy (non-hydrogen) atoms. The summed E-state index contributed by atoms with van der Waals surface area (Å²) in [6.07, 6.45) is -4.27. The number of ether oxygens (including phenoxy) is 1. The van der Waals surface area contributed by atoms with Crippen molar-refractivity contribution in [3.05, 3.63) is 42.9 Å². The first-order valence-electron chi connectivity index (χ1n) is 10.5. The Morgan fingerprint density at radius 1 is 1.16 bits per heavy atom. The third kappa shape index (κ3) is 3.74. The van der Waals surface area contributed by atoms with Gasteiger partial charge in [0.05, 0.1) is 31.4 Å². The summed E-state index contributed by atoms with van der Waals surface area (Å²) in [6.45, 7) is 0.794. The number of halogens is 3. The number of benzene rings is 1. The molecule has 0 saturated carbocycles. The summed E-state index contributed by atoms with van der Waals surface area (Å²) in [7, 11) is 0. The van der Waals surface area contributed by atoms with Gasteiger partial charge in [-0.15, -0.1) is 0 Å². The molecule has 0 radical (unpaired) electrons. The van der Waals surface area contributed by atoms with E-state index in [4.69, 9.17) is 4.74 Å². The molecule has 5 atom stereocenters. The Morgan fingerprint density at radius 2 is 1.94 bits per heavy atom. The van der Waals surface area contributed by atoms with Crippen LogP contribution in [0.3, 0.4) is 0 Å². The zero-order chi connectivity index (χ0) is 22.5. The van der Waals surface area contributed by atoms with Crippen LogP contribution in [0.15, 0.2) is 42.9 Å². The van der Waals surface area contributed by atoms with Crippen LogP contribution in [0.1, 0.15) is 12.8 Å². The highest BCUT2D eigenvalue weighted by molar-refractivity contribution is 5.58. The smallest absolute Gasteiger partial charge is 0.389 e. The molecule has 1 aromatic heterocycles. The molecule has 3 fully saturated rings. The second-order valence-corrected chi connectivity index (χ2v) is 8.63. The molecule has 1 aromatic carbocycles. The number of anilines is 3. The second-order valence-electron chi connectivity index (χ2n) is 8.63. The lowest BCUT2D eigenvalue weighted by atomic mass is 9.88. The average molecular weight is 451 g/mol. The number of rotatable bonds is 4. The summed E-state index contributed by atoms with van der Waals surface area (Å²) < 4.78 is 46.3. The summed E-state index contributed by atoms with van der Waals surface area (Å²) in [4.78, 5) is 11.4. The van der Waals surface area contributed by atoms with Crippen molar-refractivity contribution in [3.8, 4) is 0 Å². The van der Waals surface area contributed by atoms with Gasteiger partial charge in [0.2, 0.25) is 0 Å². The number of aliphatic hydroxyl groups excluding tert-OH is 1. The quantitative estimate of drug-likeness (QED) is 0.648. The van der Waals surface area contributed by atoms with Gasteiger partial charge in [-0.2, -0.15) is 13.2 Å². The predicted octanol–water partition coefficient (Wildman–Crippen LogP) is 1.76. The number of nitrogens with zero attached hydrogens (tertiary/aromatic N) is 4. The first kappa shape index (κ1) is 21.2. The molecular formula is C21H24F3N5O3. The molecule has 3 saturated heterocycles. The van der Waals surface area contributed by atoms with Crippen LogP contribution in [0.25, 0.3) is 0 Å². The molecule has 11 heteroatoms. The summed E-state index contributed by atoms with van der Waals surface area (Å²) in [6, 6.07) is 9.36. The third-order valence-corrected chi connectivity index (χ3v) is 6.48. The highest BCUT2D eigenvalue weighted by atomic mass is 19.4. The lowest BCUT2D eigenvalue weighted by Crippen LogP contribution is -2.66. The first-order valence-corrected chi connectivity index (χ1v) is 10.5. The minimum atomic E-state index is -4.90. The maximum Gasteiger partial charge on any atom is 0.419 e. The van der Waals surface area contributed by atoms with Crippen molar-refractivity contribution in [2.45, 2.75) is 49.0 Å². The van der Waals surface area contributed by atoms with Gasteiger partial charge in [0, 0.05) is 30.5 Å². The van der Waals surface area contributed by atoms with E-state index >= 15 is 0 Å². The molecule has 3 N–H and O–H groups in total. The number of hydrogen-bond donors (Lipinski definition) is 3. The summed E-state index contributed by atoms with van der Waals surface area (Å²) in [5.41, 5.74) is -1.37. The van der Waals surface area contributed by atoms with Crippen LogP contribution in [-0.4, -0.2) is 76.1 Å². The van der Waals surface area contributed by atoms with Gasteiger partial charge in [-0.3, -0.25) is 0 Å². The predicted molar refractivity (Wildman–Crippen MR) is 110 cm³/mol. The number of fused-ring (bicyclic) bond motifs is 2. The average Bonchev–Trinajstić information content (AvgIpc) is 3.40. The van der Waals surface area contributed by atoms with Crippen molar-refractivity contribution in [1.82, 2.24) is 9.97 Å². The molecule has 8 nitrogen and oxygen atoms in total. The van der Waals surface area contributed by atoms with Crippen LogP contribution in [0.5, 0.6) is 0 Å². The van der Waals surface area contributed by atoms with Gasteiger partial charge in [0.1, 0.15) is 18.3 Å². The standard InChI is InChI=1S/C21H24F3N5O3/c22-21(23,24)20(31)8-17(30)19(29(11-20)18-5-6-25-12-26-18)27-13-1-3-14(4-2-13)28-9-16-7-15(28)10-32-16/h1-6,12,15-17,19,27,30-31H,7-11H2. The van der Waals surface area contributed by atoms with Gasteiger partial charge in [0.25, 0.3) is 0 Å². The molecule has 172 valence electrons. The van der Waals surface area contributed by atoms with Crippen molar-refractivity contribution in [2.75, 3.05) is 34.8 Å². The largest absolute Gasteiger partial charge is 0.419 e. The summed E-state index contributed by atoms with van der Waals surface area (Å²) >= 11 is 0.